The first kappa shape index (κ1) is 12.0. The third-order valence-corrected chi connectivity index (χ3v) is 1.85. The van der Waals surface area contributed by atoms with Gasteiger partial charge in [0.05, 0.1) is 6.61 Å². The monoisotopic (exact) mass is 224 g/mol. The lowest BCUT2D eigenvalue weighted by atomic mass is 10.1. The van der Waals surface area contributed by atoms with Crippen LogP contribution in [0.4, 0.5) is 0 Å². The first-order chi connectivity index (χ1) is 7.63. The van der Waals surface area contributed by atoms with Gasteiger partial charge < -0.3 is 20.8 Å². The number of hydrogen-bond acceptors (Lipinski definition) is 4. The van der Waals surface area contributed by atoms with E-state index in [0.29, 0.717) is 5.56 Å². The molecule has 0 bridgehead atoms. The van der Waals surface area contributed by atoms with Gasteiger partial charge in [0.25, 0.3) is 0 Å². The van der Waals surface area contributed by atoms with Gasteiger partial charge in [-0.2, -0.15) is 0 Å². The molecule has 0 amide bonds. The minimum atomic E-state index is -1.01. The Balaban J connectivity index is 2.55. The Kier molecular flexibility index (Phi) is 4.28. The molecule has 0 aliphatic rings. The molecule has 0 fully saturated rings. The maximum absolute atomic E-state index is 10.2. The highest BCUT2D eigenvalue weighted by molar-refractivity contribution is 5.96. The second kappa shape index (κ2) is 5.72. The van der Waals surface area contributed by atoms with Gasteiger partial charge in [-0.1, -0.05) is 29.4 Å². The van der Waals surface area contributed by atoms with Gasteiger partial charge in [-0.15, -0.1) is 0 Å². The molecule has 0 heterocycles. The lowest BCUT2D eigenvalue weighted by molar-refractivity contribution is -0.142. The zero-order chi connectivity index (χ0) is 12.0. The fraction of sp³-hybridized carbons (Fsp3) is 0.200. The molecule has 0 aliphatic heterocycles. The number of amidine groups is 1. The zero-order valence-electron chi connectivity index (χ0n) is 8.46. The molecule has 0 aliphatic carbocycles. The smallest absolute Gasteiger partial charge is 0.329 e. The Morgan fingerprint density at radius 1 is 1.38 bits per heavy atom. The van der Waals surface area contributed by atoms with Crippen molar-refractivity contribution in [3.8, 4) is 0 Å². The molecule has 1 aromatic rings. The molecule has 0 unspecified atom stereocenters. The minimum Gasteiger partial charge on any atom is -0.480 e. The number of nitrogens with zero attached hydrogens (tertiary/aromatic N) is 1. The van der Waals surface area contributed by atoms with Crippen LogP contribution >= 0.6 is 0 Å². The number of hydrogen-bond donors (Lipinski definition) is 3. The molecule has 6 heteroatoms. The van der Waals surface area contributed by atoms with Crippen LogP contribution in [-0.2, 0) is 16.1 Å². The number of benzene rings is 1. The summed E-state index contributed by atoms with van der Waals surface area (Å²) in [5, 5.41) is 19.6. The molecule has 6 nitrogen and oxygen atoms in total. The number of carboxylic acid groups (broad SMARTS) is 1. The summed E-state index contributed by atoms with van der Waals surface area (Å²) < 4.78 is 4.90. The first-order valence-corrected chi connectivity index (χ1v) is 4.50. The molecule has 1 rings (SSSR count). The molecule has 0 spiro atoms. The van der Waals surface area contributed by atoms with E-state index in [2.05, 4.69) is 5.16 Å². The zero-order valence-corrected chi connectivity index (χ0v) is 8.46. The van der Waals surface area contributed by atoms with Crippen molar-refractivity contribution in [2.24, 2.45) is 10.9 Å². The van der Waals surface area contributed by atoms with E-state index in [1.54, 1.807) is 24.3 Å². The Morgan fingerprint density at radius 3 is 2.50 bits per heavy atom. The van der Waals surface area contributed by atoms with Crippen LogP contribution in [0.3, 0.4) is 0 Å². The van der Waals surface area contributed by atoms with Gasteiger partial charge in [0.15, 0.2) is 5.84 Å². The van der Waals surface area contributed by atoms with E-state index in [4.69, 9.17) is 20.8 Å². The molecule has 1 aromatic carbocycles. The van der Waals surface area contributed by atoms with Crippen LogP contribution in [0.25, 0.3) is 0 Å². The lowest BCUT2D eigenvalue weighted by Crippen LogP contribution is -2.13. The van der Waals surface area contributed by atoms with Crippen LogP contribution in [0, 0.1) is 0 Å². The fourth-order valence-corrected chi connectivity index (χ4v) is 1.09. The summed E-state index contributed by atoms with van der Waals surface area (Å²) >= 11 is 0. The molecule has 16 heavy (non-hydrogen) atoms. The van der Waals surface area contributed by atoms with E-state index < -0.39 is 5.97 Å². The average Bonchev–Trinajstić information content (AvgIpc) is 2.28. The average molecular weight is 224 g/mol. The van der Waals surface area contributed by atoms with Crippen LogP contribution in [0.2, 0.25) is 0 Å². The molecule has 86 valence electrons. The topological polar surface area (TPSA) is 105 Å². The third-order valence-electron chi connectivity index (χ3n) is 1.85. The quantitative estimate of drug-likeness (QED) is 0.290. The standard InChI is InChI=1S/C10H12N2O4/c11-10(12-15)8-3-1-7(2-4-8)5-16-6-9(13)14/h1-4,15H,5-6H2,(H2,11,12)(H,13,14). The van der Waals surface area contributed by atoms with Gasteiger partial charge in [0.2, 0.25) is 0 Å². The number of nitrogens with two attached hydrogens (primary N) is 1. The van der Waals surface area contributed by atoms with Crippen molar-refractivity contribution < 1.29 is 19.8 Å². The maximum atomic E-state index is 10.2. The fourth-order valence-electron chi connectivity index (χ4n) is 1.09. The number of aliphatic carboxylic acids is 1. The van der Waals surface area contributed by atoms with E-state index in [0.717, 1.165) is 5.56 Å². The molecular weight excluding hydrogens is 212 g/mol. The van der Waals surface area contributed by atoms with Crippen molar-refractivity contribution in [3.63, 3.8) is 0 Å². The predicted octanol–water partition coefficient (Wildman–Crippen LogP) is 0.382. The van der Waals surface area contributed by atoms with E-state index in [-0.39, 0.29) is 19.0 Å². The van der Waals surface area contributed by atoms with Gasteiger partial charge in [-0.05, 0) is 5.56 Å². The van der Waals surface area contributed by atoms with Gasteiger partial charge in [-0.3, -0.25) is 0 Å². The van der Waals surface area contributed by atoms with Crippen molar-refractivity contribution >= 4 is 11.8 Å². The lowest BCUT2D eigenvalue weighted by Gasteiger charge is -2.03. The number of rotatable bonds is 5. The van der Waals surface area contributed by atoms with E-state index >= 15 is 0 Å². The summed E-state index contributed by atoms with van der Waals surface area (Å²) in [5.41, 5.74) is 6.78. The second-order valence-electron chi connectivity index (χ2n) is 3.07. The Morgan fingerprint density at radius 2 is 2.00 bits per heavy atom. The first-order valence-electron chi connectivity index (χ1n) is 4.50. The van der Waals surface area contributed by atoms with E-state index in [9.17, 15) is 4.79 Å². The number of carbonyl (C=O) groups is 1. The summed E-state index contributed by atoms with van der Waals surface area (Å²) in [6, 6.07) is 6.76. The van der Waals surface area contributed by atoms with E-state index in [1.165, 1.54) is 0 Å². The normalized spacial score (nSPS) is 11.4. The number of oxime groups is 1. The van der Waals surface area contributed by atoms with Gasteiger partial charge in [0, 0.05) is 5.56 Å². The van der Waals surface area contributed by atoms with Crippen LogP contribution < -0.4 is 5.73 Å². The molecule has 0 radical (unpaired) electrons. The van der Waals surface area contributed by atoms with Crippen LogP contribution in [0.5, 0.6) is 0 Å². The van der Waals surface area contributed by atoms with Crippen LogP contribution in [-0.4, -0.2) is 28.7 Å². The van der Waals surface area contributed by atoms with Gasteiger partial charge >= 0.3 is 5.97 Å². The highest BCUT2D eigenvalue weighted by Gasteiger charge is 2.00. The molecular formula is C10H12N2O4. The SMILES string of the molecule is N/C(=N/O)c1ccc(COCC(=O)O)cc1. The predicted molar refractivity (Wildman–Crippen MR) is 56.2 cm³/mol. The summed E-state index contributed by atoms with van der Waals surface area (Å²) in [6.45, 7) is -0.120. The molecule has 0 saturated heterocycles. The molecule has 0 atom stereocenters. The summed E-state index contributed by atoms with van der Waals surface area (Å²) in [4.78, 5) is 10.2. The van der Waals surface area contributed by atoms with E-state index in [1.807, 2.05) is 0 Å². The highest BCUT2D eigenvalue weighted by atomic mass is 16.5. The number of ether oxygens (including phenoxy) is 1. The van der Waals surface area contributed by atoms with Crippen molar-refractivity contribution in [2.45, 2.75) is 6.61 Å². The van der Waals surface area contributed by atoms with Crippen LogP contribution in [0.1, 0.15) is 11.1 Å². The van der Waals surface area contributed by atoms with Crippen molar-refractivity contribution in [3.05, 3.63) is 35.4 Å². The third kappa shape index (κ3) is 3.58. The maximum Gasteiger partial charge on any atom is 0.329 e. The molecule has 0 saturated carbocycles. The summed E-state index contributed by atoms with van der Waals surface area (Å²) in [6.07, 6.45) is 0. The Labute approximate surface area is 91.9 Å². The van der Waals surface area contributed by atoms with Gasteiger partial charge in [0.1, 0.15) is 6.61 Å². The van der Waals surface area contributed by atoms with Gasteiger partial charge in [-0.25, -0.2) is 4.79 Å². The summed E-state index contributed by atoms with van der Waals surface area (Å²) in [5.74, 6) is -0.980. The van der Waals surface area contributed by atoms with Crippen molar-refractivity contribution in [1.29, 1.82) is 0 Å². The largest absolute Gasteiger partial charge is 0.480 e. The Hall–Kier alpha value is -2.08. The summed E-state index contributed by atoms with van der Waals surface area (Å²) in [7, 11) is 0. The van der Waals surface area contributed by atoms with Crippen molar-refractivity contribution in [1.82, 2.24) is 0 Å². The second-order valence-corrected chi connectivity index (χ2v) is 3.07. The number of carboxylic acids is 1. The van der Waals surface area contributed by atoms with Crippen molar-refractivity contribution in [2.75, 3.05) is 6.61 Å². The minimum absolute atomic E-state index is 0.0259. The highest BCUT2D eigenvalue weighted by Crippen LogP contribution is 2.05. The molecule has 0 aromatic heterocycles. The van der Waals surface area contributed by atoms with Crippen LogP contribution in [0.15, 0.2) is 29.4 Å². The molecule has 4 N–H and O–H groups in total. The Bertz CT molecular complexity index is 386.